The minimum Gasteiger partial charge on any atom is -0.497 e. The van der Waals surface area contributed by atoms with Crippen LogP contribution in [0.15, 0.2) is 48.5 Å². The third-order valence-corrected chi connectivity index (χ3v) is 4.00. The molecule has 0 aliphatic heterocycles. The van der Waals surface area contributed by atoms with Gasteiger partial charge in [0, 0.05) is 12.6 Å². The first-order valence-electron chi connectivity index (χ1n) is 8.26. The molecule has 0 aromatic heterocycles. The number of hydrogen-bond donors (Lipinski definition) is 2. The molecule has 6 nitrogen and oxygen atoms in total. The zero-order chi connectivity index (χ0) is 19.1. The summed E-state index contributed by atoms with van der Waals surface area (Å²) in [5, 5.41) is 6.00. The van der Waals surface area contributed by atoms with Crippen molar-refractivity contribution in [2.24, 2.45) is 0 Å². The number of ether oxygens (including phenoxy) is 2. The highest BCUT2D eigenvalue weighted by atomic mass is 16.5. The van der Waals surface area contributed by atoms with Crippen LogP contribution >= 0.6 is 0 Å². The van der Waals surface area contributed by atoms with Crippen molar-refractivity contribution in [3.05, 3.63) is 59.7 Å². The van der Waals surface area contributed by atoms with Crippen molar-refractivity contribution in [1.29, 1.82) is 0 Å². The third kappa shape index (κ3) is 4.99. The predicted molar refractivity (Wildman–Crippen MR) is 100 cm³/mol. The van der Waals surface area contributed by atoms with Crippen LogP contribution in [0.5, 0.6) is 5.75 Å². The number of benzene rings is 2. The van der Waals surface area contributed by atoms with E-state index < -0.39 is 18.1 Å². The summed E-state index contributed by atoms with van der Waals surface area (Å²) in [6.07, 6.45) is 0. The first-order valence-corrected chi connectivity index (χ1v) is 8.26. The number of aryl methyl sites for hydroxylation is 1. The molecule has 0 heterocycles. The molecule has 0 aliphatic rings. The minimum absolute atomic E-state index is 0.311. The van der Waals surface area contributed by atoms with Gasteiger partial charge in [0.1, 0.15) is 5.75 Å². The molecular formula is C20H24N2O4. The molecule has 26 heavy (non-hydrogen) atoms. The number of methoxy groups -OCH3 is 2. The summed E-state index contributed by atoms with van der Waals surface area (Å²) >= 11 is 0. The summed E-state index contributed by atoms with van der Waals surface area (Å²) < 4.78 is 10.1. The van der Waals surface area contributed by atoms with Crippen LogP contribution in [0.2, 0.25) is 0 Å². The van der Waals surface area contributed by atoms with E-state index in [1.54, 1.807) is 7.11 Å². The van der Waals surface area contributed by atoms with Crippen molar-refractivity contribution in [3.8, 4) is 5.75 Å². The molecular weight excluding hydrogens is 332 g/mol. The first-order chi connectivity index (χ1) is 12.4. The lowest BCUT2D eigenvalue weighted by molar-refractivity contribution is -0.145. The first kappa shape index (κ1) is 19.3. The molecule has 1 amide bonds. The van der Waals surface area contributed by atoms with Crippen LogP contribution in [-0.2, 0) is 14.3 Å². The normalized spacial score (nSPS) is 12.6. The van der Waals surface area contributed by atoms with E-state index in [4.69, 9.17) is 9.47 Å². The van der Waals surface area contributed by atoms with Gasteiger partial charge in [0.25, 0.3) is 0 Å². The Bertz CT molecular complexity index is 741. The lowest BCUT2D eigenvalue weighted by atomic mass is 9.97. The molecule has 2 aromatic rings. The van der Waals surface area contributed by atoms with Crippen molar-refractivity contribution < 1.29 is 19.1 Å². The molecule has 0 unspecified atom stereocenters. The minimum atomic E-state index is -0.873. The van der Waals surface area contributed by atoms with E-state index in [0.717, 1.165) is 22.6 Å². The second-order valence-corrected chi connectivity index (χ2v) is 5.96. The zero-order valence-corrected chi connectivity index (χ0v) is 15.4. The maximum Gasteiger partial charge on any atom is 0.330 e. The molecule has 138 valence electrons. The number of carbonyl (C=O) groups is 2. The summed E-state index contributed by atoms with van der Waals surface area (Å²) in [6, 6.07) is 13.7. The van der Waals surface area contributed by atoms with Crippen LogP contribution in [0, 0.1) is 6.92 Å². The van der Waals surface area contributed by atoms with Gasteiger partial charge < -0.3 is 20.1 Å². The quantitative estimate of drug-likeness (QED) is 0.746. The van der Waals surface area contributed by atoms with Crippen LogP contribution in [0.25, 0.3) is 0 Å². The fourth-order valence-electron chi connectivity index (χ4n) is 2.62. The average Bonchev–Trinajstić information content (AvgIpc) is 2.65. The van der Waals surface area contributed by atoms with Gasteiger partial charge in [0.05, 0.1) is 20.3 Å². The Morgan fingerprint density at radius 3 is 2.08 bits per heavy atom. The molecule has 0 bridgehead atoms. The van der Waals surface area contributed by atoms with Crippen molar-refractivity contribution in [1.82, 2.24) is 5.32 Å². The van der Waals surface area contributed by atoms with Crippen molar-refractivity contribution in [2.75, 3.05) is 19.5 Å². The monoisotopic (exact) mass is 356 g/mol. The predicted octanol–water partition coefficient (Wildman–Crippen LogP) is 2.83. The lowest BCUT2D eigenvalue weighted by Crippen LogP contribution is -2.47. The Kier molecular flexibility index (Phi) is 6.60. The molecule has 2 aromatic carbocycles. The van der Waals surface area contributed by atoms with E-state index in [1.165, 1.54) is 14.0 Å². The molecule has 0 saturated heterocycles. The van der Waals surface area contributed by atoms with Crippen LogP contribution in [-0.4, -0.2) is 32.1 Å². The number of carbonyl (C=O) groups excluding carboxylic acids is 2. The highest BCUT2D eigenvalue weighted by molar-refractivity contribution is 5.84. The second kappa shape index (κ2) is 8.89. The van der Waals surface area contributed by atoms with Crippen molar-refractivity contribution in [3.63, 3.8) is 0 Å². The maximum absolute atomic E-state index is 12.3. The largest absolute Gasteiger partial charge is 0.497 e. The lowest BCUT2D eigenvalue weighted by Gasteiger charge is -2.28. The van der Waals surface area contributed by atoms with Gasteiger partial charge in [-0.1, -0.05) is 29.8 Å². The van der Waals surface area contributed by atoms with E-state index in [-0.39, 0.29) is 5.91 Å². The third-order valence-electron chi connectivity index (χ3n) is 4.00. The Balaban J connectivity index is 2.39. The van der Waals surface area contributed by atoms with Crippen molar-refractivity contribution in [2.45, 2.75) is 25.9 Å². The molecule has 0 fully saturated rings. The Hall–Kier alpha value is -3.02. The van der Waals surface area contributed by atoms with Crippen molar-refractivity contribution >= 4 is 17.6 Å². The Morgan fingerprint density at radius 1 is 0.962 bits per heavy atom. The molecule has 0 radical (unpaired) electrons. The van der Waals surface area contributed by atoms with E-state index in [2.05, 4.69) is 10.6 Å². The number of amides is 1. The van der Waals surface area contributed by atoms with Gasteiger partial charge in [-0.3, -0.25) is 4.79 Å². The summed E-state index contributed by atoms with van der Waals surface area (Å²) in [6.45, 7) is 3.36. The van der Waals surface area contributed by atoms with Gasteiger partial charge in [0.15, 0.2) is 6.04 Å². The number of esters is 1. The highest BCUT2D eigenvalue weighted by Crippen LogP contribution is 2.25. The number of nitrogens with one attached hydrogen (secondary N) is 2. The van der Waals surface area contributed by atoms with E-state index in [0.29, 0.717) is 0 Å². The summed E-state index contributed by atoms with van der Waals surface area (Å²) in [5.74, 6) is -0.102. The summed E-state index contributed by atoms with van der Waals surface area (Å²) in [5.41, 5.74) is 2.75. The van der Waals surface area contributed by atoms with E-state index in [9.17, 15) is 9.59 Å². The maximum atomic E-state index is 12.3. The molecule has 0 saturated carbocycles. The molecule has 2 atom stereocenters. The number of hydrogen-bond acceptors (Lipinski definition) is 5. The topological polar surface area (TPSA) is 76.7 Å². The number of rotatable bonds is 7. The summed E-state index contributed by atoms with van der Waals surface area (Å²) in [4.78, 5) is 24.0. The average molecular weight is 356 g/mol. The standard InChI is InChI=1S/C20H24N2O4/c1-13-5-7-15(8-6-13)18(19(20(24)26-4)21-14(2)23)22-16-9-11-17(25-3)12-10-16/h5-12,18-19,22H,1-4H3,(H,21,23)/t18-,19+/m0/s1. The number of anilines is 1. The summed E-state index contributed by atoms with van der Waals surface area (Å²) in [7, 11) is 2.90. The van der Waals surface area contributed by atoms with Crippen LogP contribution in [0.3, 0.4) is 0 Å². The van der Waals surface area contributed by atoms with Gasteiger partial charge in [-0.15, -0.1) is 0 Å². The van der Waals surface area contributed by atoms with Crippen LogP contribution in [0.1, 0.15) is 24.1 Å². The molecule has 6 heteroatoms. The van der Waals surface area contributed by atoms with Gasteiger partial charge in [-0.05, 0) is 36.8 Å². The fourth-order valence-corrected chi connectivity index (χ4v) is 2.62. The molecule has 0 aliphatic carbocycles. The molecule has 2 N–H and O–H groups in total. The zero-order valence-electron chi connectivity index (χ0n) is 15.4. The van der Waals surface area contributed by atoms with E-state index in [1.807, 2.05) is 55.5 Å². The van der Waals surface area contributed by atoms with Crippen LogP contribution < -0.4 is 15.4 Å². The van der Waals surface area contributed by atoms with Gasteiger partial charge >= 0.3 is 5.97 Å². The van der Waals surface area contributed by atoms with Gasteiger partial charge in [-0.2, -0.15) is 0 Å². The fraction of sp³-hybridized carbons (Fsp3) is 0.300. The second-order valence-electron chi connectivity index (χ2n) is 5.96. The van der Waals surface area contributed by atoms with Gasteiger partial charge in [-0.25, -0.2) is 4.79 Å². The van der Waals surface area contributed by atoms with E-state index >= 15 is 0 Å². The van der Waals surface area contributed by atoms with Crippen LogP contribution in [0.4, 0.5) is 5.69 Å². The smallest absolute Gasteiger partial charge is 0.330 e. The SMILES string of the molecule is COC(=O)[C@H](NC(C)=O)[C@@H](Nc1ccc(OC)cc1)c1ccc(C)cc1. The Morgan fingerprint density at radius 2 is 1.58 bits per heavy atom. The molecule has 0 spiro atoms. The Labute approximate surface area is 153 Å². The molecule has 2 rings (SSSR count). The highest BCUT2D eigenvalue weighted by Gasteiger charge is 2.31. The van der Waals surface area contributed by atoms with Gasteiger partial charge in [0.2, 0.25) is 5.91 Å².